The van der Waals surface area contributed by atoms with Crippen LogP contribution in [0, 0.1) is 0 Å². The van der Waals surface area contributed by atoms with E-state index in [1.54, 1.807) is 19.5 Å². The van der Waals surface area contributed by atoms with Crippen LogP contribution >= 0.6 is 0 Å². The minimum Gasteiger partial charge on any atom is -0.386 e. The van der Waals surface area contributed by atoms with Crippen molar-refractivity contribution < 1.29 is 0 Å². The summed E-state index contributed by atoms with van der Waals surface area (Å²) >= 11 is 0. The van der Waals surface area contributed by atoms with E-state index >= 15 is 0 Å². The molecule has 1 aliphatic heterocycles. The zero-order chi connectivity index (χ0) is 13.5. The second-order valence-electron chi connectivity index (χ2n) is 4.40. The lowest BCUT2D eigenvalue weighted by molar-refractivity contribution is 0.830. The number of fused-ring (bicyclic) bond motifs is 1. The van der Waals surface area contributed by atoms with Crippen LogP contribution < -0.4 is 10.6 Å². The van der Waals surface area contributed by atoms with Crippen molar-refractivity contribution in [1.82, 2.24) is 5.32 Å². The maximum absolute atomic E-state index is 4.20. The van der Waals surface area contributed by atoms with Gasteiger partial charge < -0.3 is 10.6 Å². The number of benzene rings is 1. The second kappa shape index (κ2) is 6.73. The van der Waals surface area contributed by atoms with Crippen molar-refractivity contribution >= 4 is 23.8 Å². The molecule has 0 spiro atoms. The van der Waals surface area contributed by atoms with Crippen LogP contribution in [-0.4, -0.2) is 33.1 Å². The molecule has 0 radical (unpaired) electrons. The summed E-state index contributed by atoms with van der Waals surface area (Å²) in [6, 6.07) is 6.51. The van der Waals surface area contributed by atoms with Gasteiger partial charge in [-0.2, -0.15) is 0 Å². The highest BCUT2D eigenvalue weighted by atomic mass is 14.9. The first kappa shape index (κ1) is 13.3. The SMILES string of the molecule is CN=CC=NC=C(NC)c1ccc2c(c1)NCCC2. The van der Waals surface area contributed by atoms with Gasteiger partial charge in [0.25, 0.3) is 0 Å². The standard InChI is InChI=1S/C15H20N4/c1-16-8-9-18-11-15(17-2)13-6-5-12-4-3-7-19-14(12)10-13/h5-6,8-11,17,19H,3-4,7H2,1-2H3. The summed E-state index contributed by atoms with van der Waals surface area (Å²) in [4.78, 5) is 8.06. The highest BCUT2D eigenvalue weighted by Crippen LogP contribution is 2.25. The zero-order valence-electron chi connectivity index (χ0n) is 11.5. The van der Waals surface area contributed by atoms with E-state index in [1.807, 2.05) is 13.2 Å². The van der Waals surface area contributed by atoms with Crippen LogP contribution in [0.15, 0.2) is 34.4 Å². The van der Waals surface area contributed by atoms with Crippen LogP contribution in [0.5, 0.6) is 0 Å². The summed E-state index contributed by atoms with van der Waals surface area (Å²) in [6.45, 7) is 1.06. The van der Waals surface area contributed by atoms with Gasteiger partial charge in [-0.1, -0.05) is 12.1 Å². The van der Waals surface area contributed by atoms with Crippen molar-refractivity contribution in [3.63, 3.8) is 0 Å². The molecule has 0 unspecified atom stereocenters. The zero-order valence-corrected chi connectivity index (χ0v) is 11.5. The summed E-state index contributed by atoms with van der Waals surface area (Å²) in [5, 5.41) is 6.62. The van der Waals surface area contributed by atoms with Crippen LogP contribution in [0.25, 0.3) is 5.70 Å². The van der Waals surface area contributed by atoms with E-state index in [1.165, 1.54) is 17.7 Å². The van der Waals surface area contributed by atoms with E-state index in [4.69, 9.17) is 0 Å². The predicted octanol–water partition coefficient (Wildman–Crippen LogP) is 2.33. The first-order chi connectivity index (χ1) is 9.35. The Labute approximate surface area is 114 Å². The molecule has 1 heterocycles. The Balaban J connectivity index is 2.23. The molecule has 0 aromatic heterocycles. The molecule has 0 atom stereocenters. The summed E-state index contributed by atoms with van der Waals surface area (Å²) in [7, 11) is 3.63. The highest BCUT2D eigenvalue weighted by Gasteiger charge is 2.09. The summed E-state index contributed by atoms with van der Waals surface area (Å²) in [5.41, 5.74) is 4.77. The van der Waals surface area contributed by atoms with Gasteiger partial charge in [-0.05, 0) is 24.5 Å². The van der Waals surface area contributed by atoms with Crippen molar-refractivity contribution in [2.45, 2.75) is 12.8 Å². The van der Waals surface area contributed by atoms with Gasteiger partial charge in [0.1, 0.15) is 0 Å². The molecule has 4 nitrogen and oxygen atoms in total. The first-order valence-corrected chi connectivity index (χ1v) is 6.54. The van der Waals surface area contributed by atoms with E-state index < -0.39 is 0 Å². The van der Waals surface area contributed by atoms with Crippen LogP contribution in [-0.2, 0) is 6.42 Å². The number of anilines is 1. The van der Waals surface area contributed by atoms with Crippen molar-refractivity contribution in [3.05, 3.63) is 35.5 Å². The number of nitrogens with one attached hydrogen (secondary N) is 2. The molecule has 2 N–H and O–H groups in total. The smallest absolute Gasteiger partial charge is 0.0597 e. The fraction of sp³-hybridized carbons (Fsp3) is 0.333. The molecule has 1 aliphatic rings. The number of aryl methyl sites for hydroxylation is 1. The van der Waals surface area contributed by atoms with E-state index in [-0.39, 0.29) is 0 Å². The van der Waals surface area contributed by atoms with Gasteiger partial charge in [-0.25, -0.2) is 0 Å². The van der Waals surface area contributed by atoms with Gasteiger partial charge >= 0.3 is 0 Å². The molecule has 1 aromatic carbocycles. The monoisotopic (exact) mass is 256 g/mol. The van der Waals surface area contributed by atoms with Gasteiger partial charge in [-0.3, -0.25) is 9.98 Å². The van der Waals surface area contributed by atoms with Gasteiger partial charge in [0, 0.05) is 44.3 Å². The third kappa shape index (κ3) is 3.44. The summed E-state index contributed by atoms with van der Waals surface area (Å²) in [5.74, 6) is 0. The Bertz CT molecular complexity index is 515. The number of hydrogen-bond acceptors (Lipinski definition) is 4. The molecule has 0 saturated carbocycles. The first-order valence-electron chi connectivity index (χ1n) is 6.54. The fourth-order valence-electron chi connectivity index (χ4n) is 2.13. The average Bonchev–Trinajstić information content (AvgIpc) is 2.47. The molecule has 0 amide bonds. The third-order valence-electron chi connectivity index (χ3n) is 3.13. The quantitative estimate of drug-likeness (QED) is 0.812. The molecule has 19 heavy (non-hydrogen) atoms. The predicted molar refractivity (Wildman–Crippen MR) is 83.2 cm³/mol. The fourth-order valence-corrected chi connectivity index (χ4v) is 2.13. The molecular formula is C15H20N4. The van der Waals surface area contributed by atoms with Crippen molar-refractivity contribution in [1.29, 1.82) is 0 Å². The summed E-state index contributed by atoms with van der Waals surface area (Å²) < 4.78 is 0. The van der Waals surface area contributed by atoms with Crippen LogP contribution in [0.3, 0.4) is 0 Å². The third-order valence-corrected chi connectivity index (χ3v) is 3.13. The van der Waals surface area contributed by atoms with Gasteiger partial charge in [0.2, 0.25) is 0 Å². The molecule has 0 fully saturated rings. The van der Waals surface area contributed by atoms with Crippen LogP contribution in [0.2, 0.25) is 0 Å². The van der Waals surface area contributed by atoms with Crippen molar-refractivity contribution in [3.8, 4) is 0 Å². The molecule has 0 saturated heterocycles. The molecule has 100 valence electrons. The number of rotatable bonds is 4. The number of hydrogen-bond donors (Lipinski definition) is 2. The maximum atomic E-state index is 4.20. The van der Waals surface area contributed by atoms with Crippen LogP contribution in [0.4, 0.5) is 5.69 Å². The van der Waals surface area contributed by atoms with Crippen molar-refractivity contribution in [2.75, 3.05) is 26.0 Å². The van der Waals surface area contributed by atoms with Gasteiger partial charge in [-0.15, -0.1) is 0 Å². The summed E-state index contributed by atoms with van der Waals surface area (Å²) in [6.07, 6.45) is 7.52. The lowest BCUT2D eigenvalue weighted by Gasteiger charge is -2.19. The molecule has 2 rings (SSSR count). The largest absolute Gasteiger partial charge is 0.386 e. The van der Waals surface area contributed by atoms with Gasteiger partial charge in [0.05, 0.1) is 11.9 Å². The van der Waals surface area contributed by atoms with E-state index in [2.05, 4.69) is 38.8 Å². The topological polar surface area (TPSA) is 48.8 Å². The molecule has 0 aliphatic carbocycles. The Morgan fingerprint density at radius 3 is 3.05 bits per heavy atom. The average molecular weight is 256 g/mol. The van der Waals surface area contributed by atoms with Crippen LogP contribution in [0.1, 0.15) is 17.5 Å². The number of nitrogens with zero attached hydrogens (tertiary/aromatic N) is 2. The molecular weight excluding hydrogens is 236 g/mol. The Morgan fingerprint density at radius 2 is 2.26 bits per heavy atom. The van der Waals surface area contributed by atoms with Crippen molar-refractivity contribution in [2.24, 2.45) is 9.98 Å². The maximum Gasteiger partial charge on any atom is 0.0597 e. The van der Waals surface area contributed by atoms with Gasteiger partial charge in [0.15, 0.2) is 0 Å². The normalized spacial score (nSPS) is 15.6. The second-order valence-corrected chi connectivity index (χ2v) is 4.40. The van der Waals surface area contributed by atoms with E-state index in [0.717, 1.165) is 24.2 Å². The lowest BCUT2D eigenvalue weighted by atomic mass is 10.0. The minimum absolute atomic E-state index is 0.996. The Morgan fingerprint density at radius 1 is 1.37 bits per heavy atom. The Hall–Kier alpha value is -2.10. The minimum atomic E-state index is 0.996. The lowest BCUT2D eigenvalue weighted by Crippen LogP contribution is -2.12. The number of aliphatic imine (C=N–C) groups is 2. The van der Waals surface area contributed by atoms with E-state index in [9.17, 15) is 0 Å². The molecule has 1 aromatic rings. The Kier molecular flexibility index (Phi) is 4.72. The van der Waals surface area contributed by atoms with E-state index in [0.29, 0.717) is 0 Å². The highest BCUT2D eigenvalue weighted by molar-refractivity contribution is 6.16. The molecule has 0 bridgehead atoms. The molecule has 4 heteroatoms.